The molecule has 1 atom stereocenters. The number of rotatable bonds is 2. The molecule has 80 valence electrons. The van der Waals surface area contributed by atoms with Crippen molar-refractivity contribution in [1.82, 2.24) is 10.2 Å². The smallest absolute Gasteiger partial charge is 0.225 e. The van der Waals surface area contributed by atoms with Gasteiger partial charge in [0.2, 0.25) is 5.91 Å². The molecule has 2 saturated heterocycles. The van der Waals surface area contributed by atoms with Crippen molar-refractivity contribution in [3.05, 3.63) is 0 Å². The molecule has 0 aromatic heterocycles. The summed E-state index contributed by atoms with van der Waals surface area (Å²) in [7, 11) is 0. The first kappa shape index (κ1) is 9.97. The van der Waals surface area contributed by atoms with Gasteiger partial charge in [0, 0.05) is 19.0 Å². The summed E-state index contributed by atoms with van der Waals surface area (Å²) in [5.74, 6) is 1.20. The van der Waals surface area contributed by atoms with E-state index in [1.807, 2.05) is 0 Å². The molecule has 0 spiro atoms. The largest absolute Gasteiger partial charge is 0.342 e. The Labute approximate surface area is 85.8 Å². The van der Waals surface area contributed by atoms with Gasteiger partial charge >= 0.3 is 0 Å². The first-order chi connectivity index (χ1) is 6.79. The fraction of sp³-hybridized carbons (Fsp3) is 0.909. The molecule has 0 radical (unpaired) electrons. The Hall–Kier alpha value is -0.570. The van der Waals surface area contributed by atoms with Crippen molar-refractivity contribution in [2.45, 2.75) is 26.2 Å². The maximum absolute atomic E-state index is 12.0. The summed E-state index contributed by atoms with van der Waals surface area (Å²) in [6.07, 6.45) is 3.69. The number of carbonyl (C=O) groups is 1. The summed E-state index contributed by atoms with van der Waals surface area (Å²) in [6, 6.07) is 0. The van der Waals surface area contributed by atoms with Gasteiger partial charge in [0.15, 0.2) is 0 Å². The van der Waals surface area contributed by atoms with Gasteiger partial charge in [-0.05, 0) is 38.3 Å². The maximum Gasteiger partial charge on any atom is 0.225 e. The molecule has 2 aliphatic heterocycles. The van der Waals surface area contributed by atoms with Gasteiger partial charge in [0.25, 0.3) is 0 Å². The number of hydrogen-bond acceptors (Lipinski definition) is 2. The fourth-order valence-corrected chi connectivity index (χ4v) is 2.27. The zero-order valence-corrected chi connectivity index (χ0v) is 8.96. The van der Waals surface area contributed by atoms with Crippen molar-refractivity contribution in [3.63, 3.8) is 0 Å². The molecule has 2 rings (SSSR count). The average molecular weight is 196 g/mol. The molecule has 1 amide bonds. The lowest BCUT2D eigenvalue weighted by molar-refractivity contribution is -0.138. The highest BCUT2D eigenvalue weighted by molar-refractivity contribution is 5.79. The first-order valence-corrected chi connectivity index (χ1v) is 5.78. The van der Waals surface area contributed by atoms with E-state index in [1.54, 1.807) is 0 Å². The van der Waals surface area contributed by atoms with E-state index in [2.05, 4.69) is 17.1 Å². The zero-order valence-electron chi connectivity index (χ0n) is 8.96. The standard InChI is InChI=1S/C11H20N2O/c1-9(10-7-12-8-10)11(14)13-5-3-2-4-6-13/h9-10,12H,2-8H2,1H3. The van der Waals surface area contributed by atoms with Crippen molar-refractivity contribution in [3.8, 4) is 0 Å². The highest BCUT2D eigenvalue weighted by atomic mass is 16.2. The van der Waals surface area contributed by atoms with E-state index in [1.165, 1.54) is 19.3 Å². The molecule has 0 saturated carbocycles. The van der Waals surface area contributed by atoms with Crippen LogP contribution in [-0.4, -0.2) is 37.0 Å². The van der Waals surface area contributed by atoms with Gasteiger partial charge in [-0.1, -0.05) is 6.92 Å². The average Bonchev–Trinajstić information content (AvgIpc) is 2.15. The molecule has 1 N–H and O–H groups in total. The molecular weight excluding hydrogens is 176 g/mol. The molecule has 0 bridgehead atoms. The summed E-state index contributed by atoms with van der Waals surface area (Å²) in [5.41, 5.74) is 0. The van der Waals surface area contributed by atoms with Gasteiger partial charge < -0.3 is 10.2 Å². The first-order valence-electron chi connectivity index (χ1n) is 5.78. The van der Waals surface area contributed by atoms with E-state index >= 15 is 0 Å². The van der Waals surface area contributed by atoms with Gasteiger partial charge in [-0.25, -0.2) is 0 Å². The summed E-state index contributed by atoms with van der Waals surface area (Å²) < 4.78 is 0. The summed E-state index contributed by atoms with van der Waals surface area (Å²) in [5, 5.41) is 3.23. The minimum atomic E-state index is 0.231. The van der Waals surface area contributed by atoms with E-state index in [-0.39, 0.29) is 5.92 Å². The molecule has 3 nitrogen and oxygen atoms in total. The second-order valence-electron chi connectivity index (χ2n) is 4.59. The van der Waals surface area contributed by atoms with Crippen LogP contribution in [0.1, 0.15) is 26.2 Å². The fourth-order valence-electron chi connectivity index (χ4n) is 2.27. The van der Waals surface area contributed by atoms with Crippen LogP contribution in [-0.2, 0) is 4.79 Å². The van der Waals surface area contributed by atoms with Crippen LogP contribution in [0.3, 0.4) is 0 Å². The normalized spacial score (nSPS) is 25.6. The third kappa shape index (κ3) is 1.92. The van der Waals surface area contributed by atoms with Gasteiger partial charge in [0.1, 0.15) is 0 Å². The van der Waals surface area contributed by atoms with Gasteiger partial charge in [0.05, 0.1) is 0 Å². The molecule has 2 heterocycles. The topological polar surface area (TPSA) is 32.3 Å². The molecule has 0 aliphatic carbocycles. The third-order valence-electron chi connectivity index (χ3n) is 3.58. The summed E-state index contributed by atoms with van der Waals surface area (Å²) in [6.45, 7) is 6.12. The molecule has 3 heteroatoms. The number of amides is 1. The number of piperidine rings is 1. The molecule has 0 aromatic carbocycles. The SMILES string of the molecule is CC(C(=O)N1CCCCC1)C1CNC1. The zero-order chi connectivity index (χ0) is 9.97. The van der Waals surface area contributed by atoms with Gasteiger partial charge in [-0.2, -0.15) is 0 Å². The second kappa shape index (κ2) is 4.30. The van der Waals surface area contributed by atoms with Crippen molar-refractivity contribution in [2.24, 2.45) is 11.8 Å². The summed E-state index contributed by atoms with van der Waals surface area (Å²) in [4.78, 5) is 14.1. The highest BCUT2D eigenvalue weighted by Gasteiger charge is 2.31. The number of likely N-dealkylation sites (tertiary alicyclic amines) is 1. The summed E-state index contributed by atoms with van der Waals surface area (Å²) >= 11 is 0. The predicted octanol–water partition coefficient (Wildman–Crippen LogP) is 0.854. The Balaban J connectivity index is 1.85. The number of nitrogens with zero attached hydrogens (tertiary/aromatic N) is 1. The van der Waals surface area contributed by atoms with Crippen LogP contribution in [0.25, 0.3) is 0 Å². The number of hydrogen-bond donors (Lipinski definition) is 1. The van der Waals surface area contributed by atoms with E-state index in [0.29, 0.717) is 11.8 Å². The lowest BCUT2D eigenvalue weighted by Crippen LogP contribution is -2.51. The Morgan fingerprint density at radius 2 is 1.93 bits per heavy atom. The van der Waals surface area contributed by atoms with Crippen molar-refractivity contribution in [2.75, 3.05) is 26.2 Å². The Bertz CT molecular complexity index is 203. The lowest BCUT2D eigenvalue weighted by Gasteiger charge is -2.36. The van der Waals surface area contributed by atoms with Crippen LogP contribution in [0.2, 0.25) is 0 Å². The monoisotopic (exact) mass is 196 g/mol. The van der Waals surface area contributed by atoms with E-state index in [4.69, 9.17) is 0 Å². The van der Waals surface area contributed by atoms with E-state index < -0.39 is 0 Å². The predicted molar refractivity (Wildman–Crippen MR) is 56.0 cm³/mol. The minimum absolute atomic E-state index is 0.231. The van der Waals surface area contributed by atoms with Crippen LogP contribution >= 0.6 is 0 Å². The minimum Gasteiger partial charge on any atom is -0.342 e. The van der Waals surface area contributed by atoms with Gasteiger partial charge in [-0.3, -0.25) is 4.79 Å². The van der Waals surface area contributed by atoms with Crippen molar-refractivity contribution in [1.29, 1.82) is 0 Å². The molecular formula is C11H20N2O. The molecule has 0 aromatic rings. The number of nitrogens with one attached hydrogen (secondary N) is 1. The van der Waals surface area contributed by atoms with Crippen LogP contribution in [0, 0.1) is 11.8 Å². The Kier molecular flexibility index (Phi) is 3.06. The molecule has 1 unspecified atom stereocenters. The van der Waals surface area contributed by atoms with Crippen LogP contribution < -0.4 is 5.32 Å². The Morgan fingerprint density at radius 1 is 1.29 bits per heavy atom. The van der Waals surface area contributed by atoms with Crippen LogP contribution in [0.4, 0.5) is 0 Å². The van der Waals surface area contributed by atoms with Crippen molar-refractivity contribution >= 4 is 5.91 Å². The lowest BCUT2D eigenvalue weighted by atomic mass is 9.87. The number of carbonyl (C=O) groups excluding carboxylic acids is 1. The molecule has 14 heavy (non-hydrogen) atoms. The van der Waals surface area contributed by atoms with Crippen LogP contribution in [0.5, 0.6) is 0 Å². The molecule has 2 aliphatic rings. The van der Waals surface area contributed by atoms with E-state index in [0.717, 1.165) is 26.2 Å². The highest BCUT2D eigenvalue weighted by Crippen LogP contribution is 2.20. The molecule has 2 fully saturated rings. The van der Waals surface area contributed by atoms with Crippen molar-refractivity contribution < 1.29 is 4.79 Å². The third-order valence-corrected chi connectivity index (χ3v) is 3.58. The van der Waals surface area contributed by atoms with Gasteiger partial charge in [-0.15, -0.1) is 0 Å². The Morgan fingerprint density at radius 3 is 2.43 bits per heavy atom. The quantitative estimate of drug-likeness (QED) is 0.710. The second-order valence-corrected chi connectivity index (χ2v) is 4.59. The van der Waals surface area contributed by atoms with Crippen LogP contribution in [0.15, 0.2) is 0 Å². The maximum atomic E-state index is 12.0. The van der Waals surface area contributed by atoms with E-state index in [9.17, 15) is 4.79 Å².